The monoisotopic (exact) mass is 619 g/mol. The molecule has 0 heterocycles. The van der Waals surface area contributed by atoms with Crippen LogP contribution in [0.3, 0.4) is 0 Å². The fraction of sp³-hybridized carbons (Fsp3) is 0. The molecule has 5 aromatic rings. The van der Waals surface area contributed by atoms with Gasteiger partial charge in [0.2, 0.25) is 0 Å². The number of anilines is 1. The maximum Gasteiger partial charge on any atom is 0.343 e. The minimum atomic E-state index is -4.80. The van der Waals surface area contributed by atoms with Crippen LogP contribution in [0.2, 0.25) is 0 Å². The van der Waals surface area contributed by atoms with Gasteiger partial charge in [0.1, 0.15) is 27.6 Å². The van der Waals surface area contributed by atoms with E-state index in [0.717, 1.165) is 12.1 Å². The molecule has 0 saturated heterocycles. The Morgan fingerprint density at radius 2 is 1.26 bits per heavy atom. The molecular weight excluding hydrogens is 600 g/mol. The van der Waals surface area contributed by atoms with Gasteiger partial charge in [-0.1, -0.05) is 30.3 Å². The van der Waals surface area contributed by atoms with E-state index >= 15 is 0 Å². The number of carbonyl (C=O) groups is 1. The molecule has 0 amide bonds. The van der Waals surface area contributed by atoms with Gasteiger partial charge >= 0.3 is 5.97 Å². The van der Waals surface area contributed by atoms with Crippen molar-refractivity contribution in [2.75, 3.05) is 5.73 Å². The number of nitrogen functional groups attached to an aromatic ring is 1. The number of carboxylic acid groups (broad SMARTS) is 1. The Bertz CT molecular complexity index is 2070. The number of hydrogen-bond donors (Lipinski definition) is 6. The fourth-order valence-corrected chi connectivity index (χ4v) is 4.82. The van der Waals surface area contributed by atoms with Crippen LogP contribution in [0.5, 0.6) is 17.2 Å². The Morgan fingerprint density at radius 3 is 1.84 bits per heavy atom. The summed E-state index contributed by atoms with van der Waals surface area (Å²) < 4.78 is 34.0. The molecule has 2 radical (unpaired) electrons. The number of aromatic hydroxyl groups is 3. The molecule has 5 rings (SSSR count). The first-order valence-electron chi connectivity index (χ1n) is 11.6. The zero-order valence-electron chi connectivity index (χ0n) is 22.7. The molecule has 0 aromatic heterocycles. The summed E-state index contributed by atoms with van der Waals surface area (Å²) in [6, 6.07) is 17.6. The van der Waals surface area contributed by atoms with Gasteiger partial charge in [-0.15, -0.1) is 20.5 Å². The first-order valence-corrected chi connectivity index (χ1v) is 13.1. The van der Waals surface area contributed by atoms with Crippen LogP contribution in [0.15, 0.2) is 98.1 Å². The average molecular weight is 620 g/mol. The van der Waals surface area contributed by atoms with Gasteiger partial charge in [0.05, 0.1) is 11.4 Å². The van der Waals surface area contributed by atoms with Crippen LogP contribution >= 0.6 is 0 Å². The van der Waals surface area contributed by atoms with Crippen molar-refractivity contribution in [1.82, 2.24) is 0 Å². The number of rotatable bonds is 6. The van der Waals surface area contributed by atoms with Gasteiger partial charge in [0.25, 0.3) is 10.1 Å². The van der Waals surface area contributed by atoms with Crippen LogP contribution in [0.4, 0.5) is 28.4 Å². The van der Waals surface area contributed by atoms with E-state index < -0.39 is 49.5 Å². The van der Waals surface area contributed by atoms with Gasteiger partial charge < -0.3 is 26.2 Å². The zero-order valence-corrected chi connectivity index (χ0v) is 27.5. The maximum atomic E-state index is 12.1. The smallest absolute Gasteiger partial charge is 0.343 e. The number of hydrogen-bond acceptors (Lipinski definition) is 11. The molecule has 0 aliphatic heterocycles. The predicted octanol–water partition coefficient (Wildman–Crippen LogP) is 5.71. The van der Waals surface area contributed by atoms with Gasteiger partial charge in [-0.2, -0.15) is 8.42 Å². The summed E-state index contributed by atoms with van der Waals surface area (Å²) in [4.78, 5) is 10.7. The average Bonchev–Trinajstić information content (AvgIpc) is 2.92. The van der Waals surface area contributed by atoms with Crippen molar-refractivity contribution in [3.05, 3.63) is 78.4 Å². The SMILES string of the molecule is Nc1ccc2cc(S(=O)(=O)O)c(N=Nc3ccc(N=Nc4ccc(O)c(C(=O)O)c4O)c4ccccc34)c(O)c2c1.[Na].[Na]. The van der Waals surface area contributed by atoms with Crippen LogP contribution < -0.4 is 5.73 Å². The van der Waals surface area contributed by atoms with Crippen LogP contribution in [0.25, 0.3) is 21.5 Å². The molecular formula is C27H19N5Na2O8S. The van der Waals surface area contributed by atoms with Crippen molar-refractivity contribution in [1.29, 1.82) is 0 Å². The number of phenolic OH excluding ortho intramolecular Hbond substituents is 1. The molecule has 0 aliphatic carbocycles. The molecule has 0 bridgehead atoms. The Labute approximate surface area is 287 Å². The Morgan fingerprint density at radius 1 is 0.698 bits per heavy atom. The summed E-state index contributed by atoms with van der Waals surface area (Å²) in [5.41, 5.74) is 5.25. The van der Waals surface area contributed by atoms with Crippen molar-refractivity contribution < 1.29 is 38.2 Å². The second-order valence-electron chi connectivity index (χ2n) is 8.71. The van der Waals surface area contributed by atoms with E-state index in [4.69, 9.17) is 5.73 Å². The molecule has 13 nitrogen and oxygen atoms in total. The number of nitrogens with zero attached hydrogens (tertiary/aromatic N) is 4. The van der Waals surface area contributed by atoms with E-state index in [1.54, 1.807) is 24.3 Å². The number of fused-ring (bicyclic) bond motifs is 2. The minimum absolute atomic E-state index is 0. The van der Waals surface area contributed by atoms with Crippen LogP contribution in [-0.2, 0) is 10.1 Å². The zero-order chi connectivity index (χ0) is 29.5. The number of benzene rings is 5. The molecule has 0 saturated carbocycles. The molecule has 16 heteroatoms. The van der Waals surface area contributed by atoms with Crippen LogP contribution in [0.1, 0.15) is 10.4 Å². The van der Waals surface area contributed by atoms with E-state index in [2.05, 4.69) is 20.5 Å². The molecule has 0 fully saturated rings. The summed E-state index contributed by atoms with van der Waals surface area (Å²) in [6.07, 6.45) is 0. The number of nitrogens with two attached hydrogens (primary N) is 1. The van der Waals surface area contributed by atoms with Crippen molar-refractivity contribution in [3.8, 4) is 17.2 Å². The summed E-state index contributed by atoms with van der Waals surface area (Å²) in [5, 5.41) is 57.7. The third-order valence-corrected chi connectivity index (χ3v) is 6.97. The predicted molar refractivity (Wildman–Crippen MR) is 160 cm³/mol. The third kappa shape index (κ3) is 6.82. The molecule has 0 aliphatic rings. The topological polar surface area (TPSA) is 228 Å². The fourth-order valence-electron chi connectivity index (χ4n) is 4.17. The molecule has 7 N–H and O–H groups in total. The van der Waals surface area contributed by atoms with Gasteiger partial charge in [-0.25, -0.2) is 4.79 Å². The van der Waals surface area contributed by atoms with Gasteiger partial charge in [-0.05, 0) is 47.9 Å². The molecule has 0 unspecified atom stereocenters. The summed E-state index contributed by atoms with van der Waals surface area (Å²) in [6.45, 7) is 0. The number of phenols is 3. The van der Waals surface area contributed by atoms with E-state index in [0.29, 0.717) is 27.5 Å². The largest absolute Gasteiger partial charge is 0.507 e. The van der Waals surface area contributed by atoms with E-state index in [1.165, 1.54) is 36.4 Å². The minimum Gasteiger partial charge on any atom is -0.507 e. The summed E-state index contributed by atoms with van der Waals surface area (Å²) in [7, 11) is -4.80. The second kappa shape index (κ2) is 13.4. The van der Waals surface area contributed by atoms with E-state index in [1.807, 2.05) is 0 Å². The Hall–Kier alpha value is -3.60. The molecule has 208 valence electrons. The maximum absolute atomic E-state index is 12.1. The first-order chi connectivity index (χ1) is 19.5. The van der Waals surface area contributed by atoms with E-state index in [9.17, 15) is 38.2 Å². The Kier molecular flexibility index (Phi) is 10.5. The third-order valence-electron chi connectivity index (χ3n) is 6.10. The van der Waals surface area contributed by atoms with Gasteiger partial charge in [0.15, 0.2) is 11.5 Å². The first kappa shape index (κ1) is 33.9. The van der Waals surface area contributed by atoms with Crippen LogP contribution in [-0.4, -0.2) is 98.5 Å². The molecule has 43 heavy (non-hydrogen) atoms. The van der Waals surface area contributed by atoms with Crippen molar-refractivity contribution >= 4 is 125 Å². The van der Waals surface area contributed by atoms with Gasteiger partial charge in [-0.3, -0.25) is 4.55 Å². The number of carboxylic acids is 1. The standard InChI is InChI=1S/C27H19N5O8S.2Na/c28-14-6-5-13-11-22(41(38,39)40)24(25(34)17(13)12-14)32-30-19-8-7-18(15-3-1-2-4-16(15)19)29-31-20-9-10-21(33)23(26(20)35)27(36)37;;/h1-12,33-35H,28H2,(H,36,37)(H,38,39,40);;. The normalized spacial score (nSPS) is 11.6. The summed E-state index contributed by atoms with van der Waals surface area (Å²) in [5.74, 6) is -3.49. The van der Waals surface area contributed by atoms with Crippen molar-refractivity contribution in [2.45, 2.75) is 4.90 Å². The second-order valence-corrected chi connectivity index (χ2v) is 10.1. The summed E-state index contributed by atoms with van der Waals surface area (Å²) >= 11 is 0. The molecule has 0 spiro atoms. The van der Waals surface area contributed by atoms with Crippen molar-refractivity contribution in [2.24, 2.45) is 20.5 Å². The molecule has 5 aromatic carbocycles. The van der Waals surface area contributed by atoms with Crippen molar-refractivity contribution in [3.63, 3.8) is 0 Å². The van der Waals surface area contributed by atoms with Crippen LogP contribution in [0, 0.1) is 0 Å². The molecule has 0 atom stereocenters. The van der Waals surface area contributed by atoms with E-state index in [-0.39, 0.29) is 75.9 Å². The number of azo groups is 2. The quantitative estimate of drug-likeness (QED) is 0.0591. The Balaban J connectivity index is 0.00000253. The number of aromatic carboxylic acids is 1. The van der Waals surface area contributed by atoms with Gasteiger partial charge in [0, 0.05) is 81.0 Å².